The fraction of sp³-hybridized carbons (Fsp3) is 0.238. The van der Waals surface area contributed by atoms with Gasteiger partial charge in [-0.25, -0.2) is 9.88 Å². The van der Waals surface area contributed by atoms with Crippen LogP contribution in [-0.2, 0) is 23.2 Å². The number of benzene rings is 2. The molecule has 0 saturated heterocycles. The molecule has 1 aliphatic heterocycles. The number of imidazole rings is 1. The Bertz CT molecular complexity index is 1010. The molecule has 27 heavy (non-hydrogen) atoms. The number of fused-ring (bicyclic) bond motifs is 1. The van der Waals surface area contributed by atoms with Gasteiger partial charge in [0.2, 0.25) is 5.95 Å². The van der Waals surface area contributed by atoms with Crippen molar-refractivity contribution in [3.63, 3.8) is 0 Å². The number of amides is 1. The van der Waals surface area contributed by atoms with Crippen molar-refractivity contribution in [2.45, 2.75) is 32.2 Å². The molecule has 1 aliphatic rings. The zero-order chi connectivity index (χ0) is 19.2. The highest BCUT2D eigenvalue weighted by Crippen LogP contribution is 2.41. The lowest BCUT2D eigenvalue weighted by atomic mass is 9.92. The van der Waals surface area contributed by atoms with Gasteiger partial charge in [0.25, 0.3) is 5.91 Å². The molecule has 0 aliphatic carbocycles. The summed E-state index contributed by atoms with van der Waals surface area (Å²) in [5.41, 5.74) is 2.20. The standard InChI is InChI=1S/C21H19BrClN3O/c1-3-14-10-17(23)12-18(11-14)26-19(27)21(2,25-9-8-24-20(25)26)13-15-4-6-16(22)7-5-15/h4-12H,3,13H2,1-2H3/t21-/m1/s1. The van der Waals surface area contributed by atoms with E-state index in [2.05, 4.69) is 27.8 Å². The summed E-state index contributed by atoms with van der Waals surface area (Å²) in [6, 6.07) is 13.8. The summed E-state index contributed by atoms with van der Waals surface area (Å²) in [5, 5.41) is 0.622. The first kappa shape index (κ1) is 18.3. The highest BCUT2D eigenvalue weighted by molar-refractivity contribution is 9.10. The van der Waals surface area contributed by atoms with E-state index in [0.717, 1.165) is 27.7 Å². The van der Waals surface area contributed by atoms with Crippen LogP contribution in [0.15, 0.2) is 59.3 Å². The van der Waals surface area contributed by atoms with Crippen LogP contribution in [0.3, 0.4) is 0 Å². The van der Waals surface area contributed by atoms with Crippen LogP contribution in [0.2, 0.25) is 5.02 Å². The fourth-order valence-corrected chi connectivity index (χ4v) is 4.16. The predicted molar refractivity (Wildman–Crippen MR) is 112 cm³/mol. The first-order valence-corrected chi connectivity index (χ1v) is 10.0. The summed E-state index contributed by atoms with van der Waals surface area (Å²) < 4.78 is 2.98. The van der Waals surface area contributed by atoms with Crippen molar-refractivity contribution >= 4 is 45.1 Å². The van der Waals surface area contributed by atoms with E-state index < -0.39 is 5.54 Å². The predicted octanol–water partition coefficient (Wildman–Crippen LogP) is 5.50. The molecule has 138 valence electrons. The Morgan fingerprint density at radius 1 is 1.15 bits per heavy atom. The maximum Gasteiger partial charge on any atom is 0.260 e. The zero-order valence-corrected chi connectivity index (χ0v) is 17.5. The van der Waals surface area contributed by atoms with E-state index in [-0.39, 0.29) is 5.91 Å². The maximum atomic E-state index is 13.5. The van der Waals surface area contributed by atoms with Crippen LogP contribution in [0.25, 0.3) is 0 Å². The number of rotatable bonds is 4. The molecule has 3 aromatic rings. The van der Waals surface area contributed by atoms with E-state index in [9.17, 15) is 4.79 Å². The molecule has 0 N–H and O–H groups in total. The number of nitrogens with zero attached hydrogens (tertiary/aromatic N) is 3. The minimum Gasteiger partial charge on any atom is -0.301 e. The van der Waals surface area contributed by atoms with Gasteiger partial charge in [-0.3, -0.25) is 4.79 Å². The molecule has 6 heteroatoms. The normalized spacial score (nSPS) is 18.8. The minimum absolute atomic E-state index is 0.00200. The third-order valence-electron chi connectivity index (χ3n) is 5.09. The van der Waals surface area contributed by atoms with Crippen molar-refractivity contribution in [2.24, 2.45) is 0 Å². The molecule has 1 aromatic heterocycles. The SMILES string of the molecule is CCc1cc(Cl)cc(N2C(=O)[C@@](C)(Cc3ccc(Br)cc3)n3ccnc32)c1. The lowest BCUT2D eigenvalue weighted by Gasteiger charge is -2.25. The summed E-state index contributed by atoms with van der Waals surface area (Å²) in [7, 11) is 0. The number of hydrogen-bond donors (Lipinski definition) is 0. The molecule has 1 atom stereocenters. The van der Waals surface area contributed by atoms with E-state index in [0.29, 0.717) is 17.4 Å². The molecule has 0 unspecified atom stereocenters. The number of aromatic nitrogens is 2. The number of hydrogen-bond acceptors (Lipinski definition) is 2. The number of aryl methyl sites for hydroxylation is 1. The van der Waals surface area contributed by atoms with E-state index in [4.69, 9.17) is 11.6 Å². The lowest BCUT2D eigenvalue weighted by Crippen LogP contribution is -2.40. The quantitative estimate of drug-likeness (QED) is 0.533. The molecule has 4 rings (SSSR count). The fourth-order valence-electron chi connectivity index (χ4n) is 3.64. The van der Waals surface area contributed by atoms with Gasteiger partial charge in [0.15, 0.2) is 0 Å². The van der Waals surface area contributed by atoms with Crippen molar-refractivity contribution in [3.8, 4) is 0 Å². The van der Waals surface area contributed by atoms with E-state index in [1.807, 2.05) is 60.2 Å². The molecule has 1 amide bonds. The van der Waals surface area contributed by atoms with Crippen LogP contribution in [0.5, 0.6) is 0 Å². The largest absolute Gasteiger partial charge is 0.301 e. The topological polar surface area (TPSA) is 38.1 Å². The minimum atomic E-state index is -0.742. The first-order valence-electron chi connectivity index (χ1n) is 8.84. The summed E-state index contributed by atoms with van der Waals surface area (Å²) >= 11 is 9.76. The summed E-state index contributed by atoms with van der Waals surface area (Å²) in [5.74, 6) is 0.627. The number of carbonyl (C=O) groups excluding carboxylic acids is 1. The number of carbonyl (C=O) groups is 1. The van der Waals surface area contributed by atoms with Crippen LogP contribution in [-0.4, -0.2) is 15.5 Å². The molecule has 0 spiro atoms. The molecule has 2 aromatic carbocycles. The Hall–Kier alpha value is -2.11. The smallest absolute Gasteiger partial charge is 0.260 e. The van der Waals surface area contributed by atoms with Crippen molar-refractivity contribution in [3.05, 3.63) is 75.5 Å². The van der Waals surface area contributed by atoms with Crippen molar-refractivity contribution in [2.75, 3.05) is 4.90 Å². The van der Waals surface area contributed by atoms with Gasteiger partial charge in [-0.15, -0.1) is 0 Å². The second kappa shape index (κ2) is 6.80. The lowest BCUT2D eigenvalue weighted by molar-refractivity contribution is -0.123. The molecule has 0 fully saturated rings. The van der Waals surface area contributed by atoms with Gasteiger partial charge in [0.05, 0.1) is 5.69 Å². The monoisotopic (exact) mass is 443 g/mol. The Labute approximate surface area is 171 Å². The van der Waals surface area contributed by atoms with Crippen LogP contribution in [0.4, 0.5) is 11.6 Å². The Morgan fingerprint density at radius 2 is 1.89 bits per heavy atom. The van der Waals surface area contributed by atoms with Gasteiger partial charge in [-0.1, -0.05) is 46.6 Å². The summed E-state index contributed by atoms with van der Waals surface area (Å²) in [6.45, 7) is 4.04. The van der Waals surface area contributed by atoms with E-state index in [1.54, 1.807) is 11.1 Å². The Balaban J connectivity index is 1.78. The van der Waals surface area contributed by atoms with Crippen LogP contribution in [0.1, 0.15) is 25.0 Å². The second-order valence-electron chi connectivity index (χ2n) is 6.99. The van der Waals surface area contributed by atoms with Crippen molar-refractivity contribution in [1.82, 2.24) is 9.55 Å². The van der Waals surface area contributed by atoms with Gasteiger partial charge in [0, 0.05) is 28.3 Å². The van der Waals surface area contributed by atoms with Gasteiger partial charge in [0.1, 0.15) is 5.54 Å². The third-order valence-corrected chi connectivity index (χ3v) is 5.83. The average molecular weight is 445 g/mol. The highest BCUT2D eigenvalue weighted by Gasteiger charge is 2.48. The Kier molecular flexibility index (Phi) is 4.60. The van der Waals surface area contributed by atoms with Crippen molar-refractivity contribution < 1.29 is 4.79 Å². The van der Waals surface area contributed by atoms with E-state index in [1.165, 1.54) is 0 Å². The molecule has 0 bridgehead atoms. The Morgan fingerprint density at radius 3 is 2.59 bits per heavy atom. The third kappa shape index (κ3) is 3.09. The van der Waals surface area contributed by atoms with Gasteiger partial charge < -0.3 is 4.57 Å². The second-order valence-corrected chi connectivity index (χ2v) is 8.34. The highest BCUT2D eigenvalue weighted by atomic mass is 79.9. The van der Waals surface area contributed by atoms with E-state index >= 15 is 0 Å². The summed E-state index contributed by atoms with van der Waals surface area (Å²) in [4.78, 5) is 19.7. The first-order chi connectivity index (χ1) is 12.9. The van der Waals surface area contributed by atoms with Gasteiger partial charge in [-0.05, 0) is 54.8 Å². The van der Waals surface area contributed by atoms with Crippen LogP contribution < -0.4 is 4.90 Å². The molecule has 0 radical (unpaired) electrons. The average Bonchev–Trinajstić information content (AvgIpc) is 3.19. The molecule has 2 heterocycles. The maximum absolute atomic E-state index is 13.5. The van der Waals surface area contributed by atoms with Crippen LogP contribution >= 0.6 is 27.5 Å². The summed E-state index contributed by atoms with van der Waals surface area (Å²) in [6.07, 6.45) is 5.04. The number of halogens is 2. The van der Waals surface area contributed by atoms with Crippen LogP contribution in [0, 0.1) is 0 Å². The number of anilines is 2. The molecular formula is C21H19BrClN3O. The van der Waals surface area contributed by atoms with Gasteiger partial charge in [-0.2, -0.15) is 0 Å². The molecular weight excluding hydrogens is 426 g/mol. The van der Waals surface area contributed by atoms with Gasteiger partial charge >= 0.3 is 0 Å². The molecule has 0 saturated carbocycles. The zero-order valence-electron chi connectivity index (χ0n) is 15.1. The van der Waals surface area contributed by atoms with Crippen molar-refractivity contribution in [1.29, 1.82) is 0 Å². The molecule has 4 nitrogen and oxygen atoms in total.